The summed E-state index contributed by atoms with van der Waals surface area (Å²) in [5.41, 5.74) is 2.61. The maximum atomic E-state index is 13.0. The minimum atomic E-state index is -0.317. The lowest BCUT2D eigenvalue weighted by Crippen LogP contribution is -2.37. The zero-order valence-corrected chi connectivity index (χ0v) is 17.6. The number of benzene rings is 1. The van der Waals surface area contributed by atoms with Gasteiger partial charge in [-0.1, -0.05) is 42.7 Å². The number of thiazole rings is 1. The van der Waals surface area contributed by atoms with E-state index in [0.29, 0.717) is 10.9 Å². The summed E-state index contributed by atoms with van der Waals surface area (Å²) in [5.74, 6) is -0.258. The largest absolute Gasteiger partial charge is 0.461 e. The summed E-state index contributed by atoms with van der Waals surface area (Å²) in [5, 5.41) is 0. The number of imidazole rings is 1. The second kappa shape index (κ2) is 8.49. The molecule has 1 aliphatic carbocycles. The molecule has 3 aromatic rings. The molecule has 0 N–H and O–H groups in total. The number of carbonyl (C=O) groups is 2. The molecule has 0 bridgehead atoms. The molecule has 4 rings (SSSR count). The van der Waals surface area contributed by atoms with Gasteiger partial charge in [-0.25, -0.2) is 4.98 Å². The topological polar surface area (TPSA) is 63.9 Å². The van der Waals surface area contributed by atoms with Crippen molar-refractivity contribution in [2.45, 2.75) is 51.7 Å². The molecule has 2 heterocycles. The summed E-state index contributed by atoms with van der Waals surface area (Å²) < 4.78 is 7.12. The second-order valence-corrected chi connectivity index (χ2v) is 8.14. The monoisotopic (exact) mass is 421 g/mol. The predicted octanol–water partition coefficient (Wildman–Crippen LogP) is 4.44. The van der Waals surface area contributed by atoms with Gasteiger partial charge in [0.05, 0.1) is 11.0 Å². The van der Waals surface area contributed by atoms with Crippen molar-refractivity contribution in [3.05, 3.63) is 34.8 Å². The molecule has 0 unspecified atom stereocenters. The van der Waals surface area contributed by atoms with Crippen LogP contribution in [0.25, 0.3) is 16.0 Å². The van der Waals surface area contributed by atoms with Gasteiger partial charge < -0.3 is 9.64 Å². The van der Waals surface area contributed by atoms with Gasteiger partial charge in [0.2, 0.25) is 0 Å². The Morgan fingerprint density at radius 2 is 2.04 bits per heavy atom. The molecule has 28 heavy (non-hydrogen) atoms. The third-order valence-corrected chi connectivity index (χ3v) is 6.26. The van der Waals surface area contributed by atoms with Crippen LogP contribution < -0.4 is 0 Å². The van der Waals surface area contributed by atoms with E-state index in [9.17, 15) is 9.59 Å². The standard InChI is InChI=1S/C20H23N3O3S.ClH/c1-13(24)26-12-14-7-6-10-16-18(14)23-11-17(27-20(23)21-16)19(25)22(2)15-8-4-3-5-9-15;/h6-7,10-11,15H,3-5,8-9,12H2,1-2H3;1H. The molecule has 6 nitrogen and oxygen atoms in total. The van der Waals surface area contributed by atoms with Gasteiger partial charge >= 0.3 is 5.97 Å². The molecule has 0 atom stereocenters. The maximum absolute atomic E-state index is 13.0. The fourth-order valence-electron chi connectivity index (χ4n) is 3.84. The van der Waals surface area contributed by atoms with Crippen LogP contribution in [0, 0.1) is 0 Å². The van der Waals surface area contributed by atoms with Crippen molar-refractivity contribution in [1.29, 1.82) is 0 Å². The second-order valence-electron chi connectivity index (χ2n) is 7.13. The van der Waals surface area contributed by atoms with Gasteiger partial charge in [-0.05, 0) is 18.9 Å². The highest BCUT2D eigenvalue weighted by Gasteiger charge is 2.25. The first-order valence-corrected chi connectivity index (χ1v) is 10.2. The number of amides is 1. The van der Waals surface area contributed by atoms with Crippen LogP contribution in [0.15, 0.2) is 24.4 Å². The van der Waals surface area contributed by atoms with Crippen molar-refractivity contribution in [1.82, 2.24) is 14.3 Å². The molecule has 0 spiro atoms. The lowest BCUT2D eigenvalue weighted by Gasteiger charge is -2.30. The van der Waals surface area contributed by atoms with Crippen molar-refractivity contribution in [2.75, 3.05) is 7.05 Å². The smallest absolute Gasteiger partial charge is 0.302 e. The lowest BCUT2D eigenvalue weighted by molar-refractivity contribution is -0.142. The number of ether oxygens (including phenoxy) is 1. The number of hydrogen-bond donors (Lipinski definition) is 0. The number of carbonyl (C=O) groups excluding carboxylic acids is 2. The first-order valence-electron chi connectivity index (χ1n) is 9.34. The Morgan fingerprint density at radius 1 is 1.29 bits per heavy atom. The number of esters is 1. The molecular formula is C20H24ClN3O3S. The quantitative estimate of drug-likeness (QED) is 0.584. The van der Waals surface area contributed by atoms with Gasteiger partial charge in [0.1, 0.15) is 11.5 Å². The van der Waals surface area contributed by atoms with Crippen LogP contribution in [0.5, 0.6) is 0 Å². The summed E-state index contributed by atoms with van der Waals surface area (Å²) >= 11 is 1.41. The SMILES string of the molecule is CC(=O)OCc1cccc2nc3sc(C(=O)N(C)C4CCCCC4)cn3c12.Cl. The van der Waals surface area contributed by atoms with Crippen LogP contribution in [0.1, 0.15) is 54.3 Å². The van der Waals surface area contributed by atoms with Crippen molar-refractivity contribution in [2.24, 2.45) is 0 Å². The van der Waals surface area contributed by atoms with E-state index >= 15 is 0 Å². The van der Waals surface area contributed by atoms with E-state index in [2.05, 4.69) is 4.98 Å². The van der Waals surface area contributed by atoms with E-state index in [4.69, 9.17) is 4.74 Å². The Labute approximate surface area is 173 Å². The number of rotatable bonds is 4. The average molecular weight is 422 g/mol. The van der Waals surface area contributed by atoms with Gasteiger partial charge in [-0.2, -0.15) is 0 Å². The Morgan fingerprint density at radius 3 is 2.75 bits per heavy atom. The summed E-state index contributed by atoms with van der Waals surface area (Å²) in [6, 6.07) is 6.09. The van der Waals surface area contributed by atoms with Crippen LogP contribution in [-0.2, 0) is 16.1 Å². The number of nitrogens with zero attached hydrogens (tertiary/aromatic N) is 3. The normalized spacial score (nSPS) is 14.8. The molecule has 0 aliphatic heterocycles. The Kier molecular flexibility index (Phi) is 6.25. The van der Waals surface area contributed by atoms with Crippen LogP contribution in [-0.4, -0.2) is 39.3 Å². The zero-order valence-electron chi connectivity index (χ0n) is 16.0. The number of aromatic nitrogens is 2. The van der Waals surface area contributed by atoms with E-state index < -0.39 is 0 Å². The van der Waals surface area contributed by atoms with Gasteiger partial charge in [0.15, 0.2) is 4.96 Å². The van der Waals surface area contributed by atoms with Gasteiger partial charge in [-0.15, -0.1) is 12.4 Å². The number of halogens is 1. The third-order valence-electron chi connectivity index (χ3n) is 5.29. The number of fused-ring (bicyclic) bond motifs is 3. The highest BCUT2D eigenvalue weighted by molar-refractivity contribution is 7.18. The average Bonchev–Trinajstić information content (AvgIpc) is 3.23. The fourth-order valence-corrected chi connectivity index (χ4v) is 4.81. The molecule has 150 valence electrons. The summed E-state index contributed by atoms with van der Waals surface area (Å²) in [6.45, 7) is 1.59. The van der Waals surface area contributed by atoms with Gasteiger partial charge in [-0.3, -0.25) is 14.0 Å². The first kappa shape index (κ1) is 20.6. The molecular weight excluding hydrogens is 398 g/mol. The van der Waals surface area contributed by atoms with Gasteiger partial charge in [0, 0.05) is 31.8 Å². The Bertz CT molecular complexity index is 1010. The van der Waals surface area contributed by atoms with Crippen molar-refractivity contribution < 1.29 is 14.3 Å². The molecule has 1 fully saturated rings. The molecule has 2 aromatic heterocycles. The van der Waals surface area contributed by atoms with Crippen molar-refractivity contribution in [3.8, 4) is 0 Å². The molecule has 1 saturated carbocycles. The first-order chi connectivity index (χ1) is 13.0. The molecule has 1 aliphatic rings. The molecule has 0 radical (unpaired) electrons. The van der Waals surface area contributed by atoms with Crippen molar-refractivity contribution >= 4 is 51.6 Å². The lowest BCUT2D eigenvalue weighted by atomic mass is 9.94. The number of hydrogen-bond acceptors (Lipinski definition) is 5. The Hall–Kier alpha value is -2.12. The predicted molar refractivity (Wildman–Crippen MR) is 112 cm³/mol. The number of para-hydroxylation sites is 1. The summed E-state index contributed by atoms with van der Waals surface area (Å²) in [6.07, 6.45) is 7.69. The summed E-state index contributed by atoms with van der Waals surface area (Å²) in [7, 11) is 1.91. The highest BCUT2D eigenvalue weighted by Crippen LogP contribution is 2.29. The van der Waals surface area contributed by atoms with E-state index in [1.54, 1.807) is 0 Å². The van der Waals surface area contributed by atoms with Crippen LogP contribution in [0.3, 0.4) is 0 Å². The van der Waals surface area contributed by atoms with E-state index in [0.717, 1.165) is 34.4 Å². The minimum Gasteiger partial charge on any atom is -0.461 e. The third kappa shape index (κ3) is 3.86. The minimum absolute atomic E-state index is 0. The molecule has 0 saturated heterocycles. The van der Waals surface area contributed by atoms with Crippen LogP contribution >= 0.6 is 23.7 Å². The maximum Gasteiger partial charge on any atom is 0.302 e. The van der Waals surface area contributed by atoms with E-state index in [1.165, 1.54) is 37.5 Å². The van der Waals surface area contributed by atoms with Crippen LogP contribution in [0.4, 0.5) is 0 Å². The highest BCUT2D eigenvalue weighted by atomic mass is 35.5. The molecule has 1 amide bonds. The molecule has 8 heteroatoms. The van der Waals surface area contributed by atoms with Crippen LogP contribution in [0.2, 0.25) is 0 Å². The van der Waals surface area contributed by atoms with E-state index in [-0.39, 0.29) is 30.9 Å². The zero-order chi connectivity index (χ0) is 19.0. The molecule has 1 aromatic carbocycles. The fraction of sp³-hybridized carbons (Fsp3) is 0.450. The van der Waals surface area contributed by atoms with E-state index in [1.807, 2.05) is 40.7 Å². The van der Waals surface area contributed by atoms with Gasteiger partial charge in [0.25, 0.3) is 5.91 Å². The Balaban J connectivity index is 0.00000225. The van der Waals surface area contributed by atoms with Crippen molar-refractivity contribution in [3.63, 3.8) is 0 Å². The summed E-state index contributed by atoms with van der Waals surface area (Å²) in [4.78, 5) is 32.2.